The Hall–Kier alpha value is -1.81. The maximum Gasteiger partial charge on any atom is 0.262 e. The molecule has 2 aromatic carbocycles. The van der Waals surface area contributed by atoms with Crippen molar-refractivity contribution in [1.29, 1.82) is 0 Å². The van der Waals surface area contributed by atoms with Gasteiger partial charge < -0.3 is 0 Å². The van der Waals surface area contributed by atoms with Gasteiger partial charge >= 0.3 is 0 Å². The lowest BCUT2D eigenvalue weighted by atomic mass is 10.0. The van der Waals surface area contributed by atoms with Crippen LogP contribution in [0.2, 0.25) is 0 Å². The highest BCUT2D eigenvalue weighted by Gasteiger charge is 2.20. The lowest BCUT2D eigenvalue weighted by Crippen LogP contribution is -2.16. The van der Waals surface area contributed by atoms with Crippen molar-refractivity contribution in [3.05, 3.63) is 58.7 Å². The number of rotatable bonds is 4. The summed E-state index contributed by atoms with van der Waals surface area (Å²) in [6, 6.07) is 11.3. The molecule has 0 bridgehead atoms. The quantitative estimate of drug-likeness (QED) is 0.900. The first kappa shape index (κ1) is 16.6. The summed E-state index contributed by atoms with van der Waals surface area (Å²) in [6.07, 6.45) is 0. The highest BCUT2D eigenvalue weighted by molar-refractivity contribution is 7.92. The van der Waals surface area contributed by atoms with Gasteiger partial charge in [0.05, 0.1) is 4.90 Å². The van der Waals surface area contributed by atoms with Crippen LogP contribution in [0.4, 0.5) is 5.69 Å². The Bertz CT molecular complexity index is 752. The van der Waals surface area contributed by atoms with E-state index in [4.69, 9.17) is 0 Å². The van der Waals surface area contributed by atoms with Gasteiger partial charge in [0.2, 0.25) is 0 Å². The zero-order valence-electron chi connectivity index (χ0n) is 13.8. The third kappa shape index (κ3) is 3.50. The Labute approximate surface area is 133 Å². The predicted octanol–water partition coefficient (Wildman–Crippen LogP) is 4.54. The fourth-order valence-electron chi connectivity index (χ4n) is 2.73. The smallest absolute Gasteiger partial charge is 0.262 e. The summed E-state index contributed by atoms with van der Waals surface area (Å²) in [6.45, 7) is 9.84. The van der Waals surface area contributed by atoms with Crippen molar-refractivity contribution in [2.45, 2.75) is 45.4 Å². The van der Waals surface area contributed by atoms with Gasteiger partial charge in [0, 0.05) is 5.69 Å². The molecule has 0 aliphatic rings. The summed E-state index contributed by atoms with van der Waals surface area (Å²) in [5.74, 6) is 0.423. The van der Waals surface area contributed by atoms with Gasteiger partial charge in [-0.05, 0) is 55.5 Å². The molecule has 0 amide bonds. The Balaban J connectivity index is 2.36. The fraction of sp³-hybridized carbons (Fsp3) is 0.333. The minimum absolute atomic E-state index is 0.367. The maximum atomic E-state index is 12.7. The van der Waals surface area contributed by atoms with Gasteiger partial charge in [-0.1, -0.05) is 43.7 Å². The molecule has 0 spiro atoms. The molecule has 3 nitrogen and oxygen atoms in total. The van der Waals surface area contributed by atoms with E-state index in [1.807, 2.05) is 57.2 Å². The topological polar surface area (TPSA) is 46.2 Å². The van der Waals surface area contributed by atoms with Gasteiger partial charge in [0.15, 0.2) is 0 Å². The second-order valence-electron chi connectivity index (χ2n) is 6.11. The zero-order valence-corrected chi connectivity index (χ0v) is 14.6. The van der Waals surface area contributed by atoms with Gasteiger partial charge in [-0.3, -0.25) is 4.72 Å². The van der Waals surface area contributed by atoms with Gasteiger partial charge in [0.1, 0.15) is 0 Å². The highest BCUT2D eigenvalue weighted by Crippen LogP contribution is 2.25. The molecule has 0 aliphatic carbocycles. The molecule has 2 aromatic rings. The van der Waals surface area contributed by atoms with Crippen LogP contribution in [0.5, 0.6) is 0 Å². The summed E-state index contributed by atoms with van der Waals surface area (Å²) >= 11 is 0. The molecular formula is C18H23NO2S. The number of benzene rings is 2. The van der Waals surface area contributed by atoms with Crippen molar-refractivity contribution >= 4 is 15.7 Å². The molecule has 0 fully saturated rings. The minimum atomic E-state index is -3.57. The average Bonchev–Trinajstić information content (AvgIpc) is 2.36. The van der Waals surface area contributed by atoms with E-state index in [9.17, 15) is 8.42 Å². The van der Waals surface area contributed by atoms with Crippen molar-refractivity contribution < 1.29 is 8.42 Å². The van der Waals surface area contributed by atoms with Crippen LogP contribution < -0.4 is 4.72 Å². The monoisotopic (exact) mass is 317 g/mol. The average molecular weight is 317 g/mol. The van der Waals surface area contributed by atoms with Crippen LogP contribution in [0.3, 0.4) is 0 Å². The molecule has 0 saturated carbocycles. The van der Waals surface area contributed by atoms with Gasteiger partial charge in [-0.15, -0.1) is 0 Å². The van der Waals surface area contributed by atoms with E-state index >= 15 is 0 Å². The fourth-order valence-corrected chi connectivity index (χ4v) is 4.25. The minimum Gasteiger partial charge on any atom is -0.280 e. The van der Waals surface area contributed by atoms with E-state index in [0.29, 0.717) is 16.5 Å². The van der Waals surface area contributed by atoms with Gasteiger partial charge in [-0.2, -0.15) is 0 Å². The number of hydrogen-bond acceptors (Lipinski definition) is 2. The SMILES string of the molecule is Cc1cc(C)c(S(=O)(=O)Nc2ccc(C(C)C)cc2)c(C)c1. The van der Waals surface area contributed by atoms with Crippen LogP contribution in [0.25, 0.3) is 0 Å². The normalized spacial score (nSPS) is 11.7. The number of anilines is 1. The molecule has 2 rings (SSSR count). The summed E-state index contributed by atoms with van der Waals surface area (Å²) in [7, 11) is -3.57. The van der Waals surface area contributed by atoms with Gasteiger partial charge in [-0.25, -0.2) is 8.42 Å². The predicted molar refractivity (Wildman–Crippen MR) is 92.0 cm³/mol. The summed E-state index contributed by atoms with van der Waals surface area (Å²) < 4.78 is 28.0. The molecular weight excluding hydrogens is 294 g/mol. The number of sulfonamides is 1. The van der Waals surface area contributed by atoms with Crippen molar-refractivity contribution in [3.8, 4) is 0 Å². The Morgan fingerprint density at radius 1 is 0.909 bits per heavy atom. The van der Waals surface area contributed by atoms with Crippen molar-refractivity contribution in [1.82, 2.24) is 0 Å². The molecule has 0 heterocycles. The zero-order chi connectivity index (χ0) is 16.5. The van der Waals surface area contributed by atoms with Crippen LogP contribution in [-0.2, 0) is 10.0 Å². The molecule has 0 aromatic heterocycles. The van der Waals surface area contributed by atoms with Crippen LogP contribution in [-0.4, -0.2) is 8.42 Å². The largest absolute Gasteiger partial charge is 0.280 e. The van der Waals surface area contributed by atoms with Crippen LogP contribution >= 0.6 is 0 Å². The van der Waals surface area contributed by atoms with Crippen LogP contribution in [0, 0.1) is 20.8 Å². The maximum absolute atomic E-state index is 12.7. The molecule has 4 heteroatoms. The van der Waals surface area contributed by atoms with E-state index in [1.165, 1.54) is 5.56 Å². The molecule has 0 saturated heterocycles. The Kier molecular flexibility index (Phi) is 4.61. The third-order valence-corrected chi connectivity index (χ3v) is 5.39. The van der Waals surface area contributed by atoms with Crippen molar-refractivity contribution in [2.24, 2.45) is 0 Å². The molecule has 0 aliphatic heterocycles. The highest BCUT2D eigenvalue weighted by atomic mass is 32.2. The summed E-state index contributed by atoms with van der Waals surface area (Å²) in [4.78, 5) is 0.367. The van der Waals surface area contributed by atoms with Crippen molar-refractivity contribution in [3.63, 3.8) is 0 Å². The summed E-state index contributed by atoms with van der Waals surface area (Å²) in [5.41, 5.74) is 4.37. The number of nitrogens with one attached hydrogen (secondary N) is 1. The first-order valence-electron chi connectivity index (χ1n) is 7.41. The standard InChI is InChI=1S/C18H23NO2S/c1-12(2)16-6-8-17(9-7-16)19-22(20,21)18-14(4)10-13(3)11-15(18)5/h6-12,19H,1-5H3. The molecule has 118 valence electrons. The molecule has 1 N–H and O–H groups in total. The Morgan fingerprint density at radius 2 is 1.41 bits per heavy atom. The molecule has 22 heavy (non-hydrogen) atoms. The van der Waals surface area contributed by atoms with E-state index in [-0.39, 0.29) is 0 Å². The number of hydrogen-bond donors (Lipinski definition) is 1. The summed E-state index contributed by atoms with van der Waals surface area (Å²) in [5, 5.41) is 0. The van der Waals surface area contributed by atoms with Crippen LogP contribution in [0.1, 0.15) is 42.0 Å². The first-order valence-corrected chi connectivity index (χ1v) is 8.89. The molecule has 0 radical (unpaired) electrons. The molecule has 0 atom stereocenters. The van der Waals surface area contributed by atoms with E-state index in [1.54, 1.807) is 0 Å². The van der Waals surface area contributed by atoms with E-state index < -0.39 is 10.0 Å². The van der Waals surface area contributed by atoms with E-state index in [0.717, 1.165) is 16.7 Å². The van der Waals surface area contributed by atoms with Crippen molar-refractivity contribution in [2.75, 3.05) is 4.72 Å². The van der Waals surface area contributed by atoms with Crippen LogP contribution in [0.15, 0.2) is 41.3 Å². The third-order valence-electron chi connectivity index (χ3n) is 3.70. The second-order valence-corrected chi connectivity index (χ2v) is 7.73. The second kappa shape index (κ2) is 6.13. The molecule has 0 unspecified atom stereocenters. The number of aryl methyl sites for hydroxylation is 3. The van der Waals surface area contributed by atoms with Gasteiger partial charge in [0.25, 0.3) is 10.0 Å². The lowest BCUT2D eigenvalue weighted by Gasteiger charge is -2.14. The lowest BCUT2D eigenvalue weighted by molar-refractivity contribution is 0.600. The van der Waals surface area contributed by atoms with E-state index in [2.05, 4.69) is 18.6 Å². The Morgan fingerprint density at radius 3 is 1.86 bits per heavy atom. The first-order chi connectivity index (χ1) is 10.2.